The third-order valence-corrected chi connectivity index (χ3v) is 9.96. The van der Waals surface area contributed by atoms with Gasteiger partial charge in [-0.1, -0.05) is 31.7 Å². The van der Waals surface area contributed by atoms with Gasteiger partial charge in [-0.3, -0.25) is 14.5 Å². The molecule has 3 aliphatic rings. The molecule has 3 atom stereocenters. The minimum absolute atomic E-state index is 0.0141. The van der Waals surface area contributed by atoms with Crippen molar-refractivity contribution in [3.8, 4) is 0 Å². The van der Waals surface area contributed by atoms with Gasteiger partial charge < -0.3 is 10.2 Å². The van der Waals surface area contributed by atoms with Crippen LogP contribution in [0.15, 0.2) is 18.2 Å². The molecule has 2 heterocycles. The van der Waals surface area contributed by atoms with E-state index in [9.17, 15) is 14.0 Å². The lowest BCUT2D eigenvalue weighted by Crippen LogP contribution is -2.53. The number of hydrogen-bond acceptors (Lipinski definition) is 3. The fraction of sp³-hybridized carbons (Fsp3) is 0.758. The zero-order valence-electron chi connectivity index (χ0n) is 25.6. The van der Waals surface area contributed by atoms with Gasteiger partial charge in [-0.05, 0) is 96.2 Å². The lowest BCUT2D eigenvalue weighted by Gasteiger charge is -2.47. The average molecular weight is 560 g/mol. The Kier molecular flexibility index (Phi) is 9.64. The van der Waals surface area contributed by atoms with Crippen molar-refractivity contribution < 1.29 is 18.4 Å². The standard InChI is InChI=1S/C33H51F2N3O2/c1-22(39)36-33(5,6)20-28(23-9-7-8-10-23)24-13-16-37(17-14-24)31(40)27-15-18-38(32(2,3)4)21-29(27)26-12-11-25(34)19-30(26)35/h11-12,19,23-24,27-29H,7-10,13-18,20-21H2,1-6H3,(H,36,39)/t27?,28?,29-/m0/s1. The Labute approximate surface area is 240 Å². The van der Waals surface area contributed by atoms with E-state index >= 15 is 4.39 Å². The van der Waals surface area contributed by atoms with Gasteiger partial charge in [0.1, 0.15) is 11.6 Å². The van der Waals surface area contributed by atoms with Crippen LogP contribution in [0, 0.1) is 35.3 Å². The topological polar surface area (TPSA) is 52.7 Å². The van der Waals surface area contributed by atoms with E-state index in [4.69, 9.17) is 0 Å². The Morgan fingerprint density at radius 1 is 0.950 bits per heavy atom. The van der Waals surface area contributed by atoms with Crippen molar-refractivity contribution in [3.05, 3.63) is 35.4 Å². The smallest absolute Gasteiger partial charge is 0.226 e. The molecule has 1 aromatic carbocycles. The van der Waals surface area contributed by atoms with E-state index in [-0.39, 0.29) is 34.7 Å². The molecule has 2 unspecified atom stereocenters. The zero-order chi connectivity index (χ0) is 29.2. The molecular weight excluding hydrogens is 508 g/mol. The Morgan fingerprint density at radius 2 is 1.57 bits per heavy atom. The number of nitrogens with one attached hydrogen (secondary N) is 1. The number of halogens is 2. The van der Waals surface area contributed by atoms with Gasteiger partial charge in [0.15, 0.2) is 0 Å². The molecular formula is C33H51F2N3O2. The van der Waals surface area contributed by atoms with Crippen LogP contribution >= 0.6 is 0 Å². The molecule has 40 heavy (non-hydrogen) atoms. The first-order valence-electron chi connectivity index (χ1n) is 15.5. The van der Waals surface area contributed by atoms with Gasteiger partial charge in [0, 0.05) is 55.5 Å². The number of carbonyl (C=O) groups is 2. The number of nitrogens with zero attached hydrogens (tertiary/aromatic N) is 2. The monoisotopic (exact) mass is 559 g/mol. The molecule has 2 aliphatic heterocycles. The molecule has 0 aromatic heterocycles. The lowest BCUT2D eigenvalue weighted by atomic mass is 9.70. The molecule has 3 fully saturated rings. The zero-order valence-corrected chi connectivity index (χ0v) is 25.6. The molecule has 1 aliphatic carbocycles. The van der Waals surface area contributed by atoms with Crippen LogP contribution in [0.1, 0.15) is 104 Å². The Balaban J connectivity index is 1.47. The van der Waals surface area contributed by atoms with E-state index in [1.807, 2.05) is 4.90 Å². The van der Waals surface area contributed by atoms with Gasteiger partial charge in [0.05, 0.1) is 0 Å². The maximum Gasteiger partial charge on any atom is 0.226 e. The predicted molar refractivity (Wildman–Crippen MR) is 156 cm³/mol. The summed E-state index contributed by atoms with van der Waals surface area (Å²) in [4.78, 5) is 30.2. The summed E-state index contributed by atoms with van der Waals surface area (Å²) >= 11 is 0. The van der Waals surface area contributed by atoms with Crippen LogP contribution in [0.5, 0.6) is 0 Å². The fourth-order valence-corrected chi connectivity index (χ4v) is 7.98. The number of amides is 2. The van der Waals surface area contributed by atoms with Crippen LogP contribution in [-0.4, -0.2) is 58.9 Å². The Hall–Kier alpha value is -2.02. The molecule has 0 spiro atoms. The van der Waals surface area contributed by atoms with E-state index < -0.39 is 11.6 Å². The van der Waals surface area contributed by atoms with Crippen molar-refractivity contribution >= 4 is 11.8 Å². The van der Waals surface area contributed by atoms with Gasteiger partial charge in [-0.25, -0.2) is 8.78 Å². The Morgan fingerprint density at radius 3 is 2.15 bits per heavy atom. The summed E-state index contributed by atoms with van der Waals surface area (Å²) in [7, 11) is 0. The van der Waals surface area contributed by atoms with Crippen LogP contribution < -0.4 is 5.32 Å². The third kappa shape index (κ3) is 7.43. The summed E-state index contributed by atoms with van der Waals surface area (Å²) in [5.41, 5.74) is 0.103. The Bertz CT molecular complexity index is 1040. The highest BCUT2D eigenvalue weighted by atomic mass is 19.1. The number of likely N-dealkylation sites (tertiary alicyclic amines) is 2. The number of benzene rings is 1. The van der Waals surface area contributed by atoms with Crippen molar-refractivity contribution in [3.63, 3.8) is 0 Å². The quantitative estimate of drug-likeness (QED) is 0.414. The van der Waals surface area contributed by atoms with Crippen LogP contribution in [-0.2, 0) is 9.59 Å². The normalized spacial score (nSPS) is 24.8. The van der Waals surface area contributed by atoms with E-state index in [0.29, 0.717) is 36.3 Å². The largest absolute Gasteiger partial charge is 0.351 e. The molecule has 1 N–H and O–H groups in total. The van der Waals surface area contributed by atoms with Crippen molar-refractivity contribution in [2.24, 2.45) is 23.7 Å². The van der Waals surface area contributed by atoms with Gasteiger partial charge in [-0.2, -0.15) is 0 Å². The first-order valence-corrected chi connectivity index (χ1v) is 15.5. The third-order valence-electron chi connectivity index (χ3n) is 9.96. The summed E-state index contributed by atoms with van der Waals surface area (Å²) in [6, 6.07) is 3.80. The number of piperidine rings is 2. The minimum Gasteiger partial charge on any atom is -0.351 e. The maximum atomic E-state index is 15.0. The average Bonchev–Trinajstić information content (AvgIpc) is 3.40. The van der Waals surface area contributed by atoms with E-state index in [2.05, 4.69) is 44.8 Å². The van der Waals surface area contributed by atoms with Crippen LogP contribution in [0.3, 0.4) is 0 Å². The molecule has 0 radical (unpaired) electrons. The molecule has 1 saturated carbocycles. The second kappa shape index (κ2) is 12.5. The molecule has 4 rings (SSSR count). The van der Waals surface area contributed by atoms with Gasteiger partial charge in [0.25, 0.3) is 0 Å². The summed E-state index contributed by atoms with van der Waals surface area (Å²) in [5, 5.41) is 3.16. The molecule has 7 heteroatoms. The van der Waals surface area contributed by atoms with Crippen molar-refractivity contribution in [1.29, 1.82) is 0 Å². The van der Waals surface area contributed by atoms with E-state index in [1.54, 1.807) is 6.92 Å². The molecule has 2 amide bonds. The van der Waals surface area contributed by atoms with Gasteiger partial charge in [-0.15, -0.1) is 0 Å². The number of hydrogen-bond donors (Lipinski definition) is 1. The number of carbonyl (C=O) groups excluding carboxylic acids is 2. The van der Waals surface area contributed by atoms with Crippen molar-refractivity contribution in [2.75, 3.05) is 26.2 Å². The van der Waals surface area contributed by atoms with Crippen LogP contribution in [0.2, 0.25) is 0 Å². The second-order valence-electron chi connectivity index (χ2n) is 14.4. The SMILES string of the molecule is CC(=O)NC(C)(C)CC(C1CCCC1)C1CCN(C(=O)C2CCN(C(C)(C)C)C[C@H]2c2ccc(F)cc2F)CC1. The van der Waals surface area contributed by atoms with Gasteiger partial charge in [0.2, 0.25) is 11.8 Å². The van der Waals surface area contributed by atoms with Crippen molar-refractivity contribution in [1.82, 2.24) is 15.1 Å². The predicted octanol–water partition coefficient (Wildman–Crippen LogP) is 6.52. The summed E-state index contributed by atoms with van der Waals surface area (Å²) in [5.74, 6) is 0.144. The first-order chi connectivity index (χ1) is 18.7. The highest BCUT2D eigenvalue weighted by molar-refractivity contribution is 5.80. The van der Waals surface area contributed by atoms with Gasteiger partial charge >= 0.3 is 0 Å². The van der Waals surface area contributed by atoms with Crippen LogP contribution in [0.4, 0.5) is 8.78 Å². The summed E-state index contributed by atoms with van der Waals surface area (Å²) in [6.45, 7) is 15.1. The maximum absolute atomic E-state index is 15.0. The highest BCUT2D eigenvalue weighted by Crippen LogP contribution is 2.44. The fourth-order valence-electron chi connectivity index (χ4n) is 7.98. The number of rotatable bonds is 7. The highest BCUT2D eigenvalue weighted by Gasteiger charge is 2.43. The molecule has 0 bridgehead atoms. The summed E-state index contributed by atoms with van der Waals surface area (Å²) < 4.78 is 28.8. The summed E-state index contributed by atoms with van der Waals surface area (Å²) in [6.07, 6.45) is 8.68. The lowest BCUT2D eigenvalue weighted by molar-refractivity contribution is -0.140. The molecule has 5 nitrogen and oxygen atoms in total. The van der Waals surface area contributed by atoms with E-state index in [1.165, 1.54) is 37.8 Å². The molecule has 1 aromatic rings. The second-order valence-corrected chi connectivity index (χ2v) is 14.4. The van der Waals surface area contributed by atoms with Crippen LogP contribution in [0.25, 0.3) is 0 Å². The molecule has 2 saturated heterocycles. The van der Waals surface area contributed by atoms with Crippen molar-refractivity contribution in [2.45, 2.75) is 110 Å². The van der Waals surface area contributed by atoms with E-state index in [0.717, 1.165) is 45.0 Å². The molecule has 224 valence electrons. The minimum atomic E-state index is -0.590. The first kappa shape index (κ1) is 30.9.